The fraction of sp³-hybridized carbons (Fsp3) is 0.400. The maximum Gasteiger partial charge on any atom is 0.496 e. The molecule has 0 aromatic heterocycles. The van der Waals surface area contributed by atoms with Crippen molar-refractivity contribution < 1.29 is 13.7 Å². The van der Waals surface area contributed by atoms with Gasteiger partial charge in [-0.1, -0.05) is 17.7 Å². The molecule has 1 aromatic carbocycles. The summed E-state index contributed by atoms with van der Waals surface area (Å²) in [5.41, 5.74) is 0.786. The molecule has 0 radical (unpaired) electrons. The van der Waals surface area contributed by atoms with Gasteiger partial charge in [-0.2, -0.15) is 12.6 Å². The van der Waals surface area contributed by atoms with Crippen LogP contribution in [-0.2, 0) is 15.1 Å². The van der Waals surface area contributed by atoms with Gasteiger partial charge in [0.1, 0.15) is 5.82 Å². The molecule has 0 amide bonds. The van der Waals surface area contributed by atoms with Crippen LogP contribution in [0, 0.1) is 5.82 Å². The van der Waals surface area contributed by atoms with E-state index in [0.29, 0.717) is 29.3 Å². The van der Waals surface area contributed by atoms with Gasteiger partial charge in [-0.05, 0) is 12.5 Å². The maximum atomic E-state index is 14.0. The topological polar surface area (TPSA) is 18.5 Å². The van der Waals surface area contributed by atoms with Crippen LogP contribution in [0.2, 0.25) is 5.02 Å². The SMILES string of the molecule is Fc1c(B2OCCCO2)ccc(Cl)c1CS. The van der Waals surface area contributed by atoms with Gasteiger partial charge in [-0.3, -0.25) is 0 Å². The van der Waals surface area contributed by atoms with Crippen molar-refractivity contribution in [1.29, 1.82) is 0 Å². The van der Waals surface area contributed by atoms with Crippen molar-refractivity contribution in [3.63, 3.8) is 0 Å². The fourth-order valence-corrected chi connectivity index (χ4v) is 2.23. The predicted octanol–water partition coefficient (Wildman–Crippen LogP) is 2.04. The molecule has 0 spiro atoms. The van der Waals surface area contributed by atoms with Gasteiger partial charge in [0, 0.05) is 35.0 Å². The second-order valence-corrected chi connectivity index (χ2v) is 4.24. The summed E-state index contributed by atoms with van der Waals surface area (Å²) in [5, 5.41) is 0.382. The average molecular weight is 261 g/mol. The van der Waals surface area contributed by atoms with Crippen molar-refractivity contribution in [2.75, 3.05) is 13.2 Å². The zero-order valence-corrected chi connectivity index (χ0v) is 10.2. The number of thiol groups is 1. The van der Waals surface area contributed by atoms with Crippen LogP contribution in [0.5, 0.6) is 0 Å². The quantitative estimate of drug-likeness (QED) is 0.648. The van der Waals surface area contributed by atoms with Gasteiger partial charge in [0.15, 0.2) is 0 Å². The summed E-state index contributed by atoms with van der Waals surface area (Å²) in [7, 11) is -0.621. The Hall–Kier alpha value is -0.225. The van der Waals surface area contributed by atoms with E-state index in [9.17, 15) is 4.39 Å². The summed E-state index contributed by atoms with van der Waals surface area (Å²) >= 11 is 9.92. The van der Waals surface area contributed by atoms with Gasteiger partial charge >= 0.3 is 7.12 Å². The minimum atomic E-state index is -0.621. The van der Waals surface area contributed by atoms with E-state index in [1.807, 2.05) is 0 Å². The molecule has 0 bridgehead atoms. The van der Waals surface area contributed by atoms with E-state index in [1.165, 1.54) is 0 Å². The maximum absolute atomic E-state index is 14.0. The van der Waals surface area contributed by atoms with E-state index in [2.05, 4.69) is 12.6 Å². The molecule has 0 saturated carbocycles. The Bertz CT molecular complexity index is 385. The Morgan fingerprint density at radius 1 is 1.38 bits per heavy atom. The lowest BCUT2D eigenvalue weighted by atomic mass is 9.77. The zero-order valence-electron chi connectivity index (χ0n) is 8.58. The van der Waals surface area contributed by atoms with Crippen LogP contribution in [0.15, 0.2) is 12.1 Å². The molecule has 0 atom stereocenters. The second-order valence-electron chi connectivity index (χ2n) is 3.51. The van der Waals surface area contributed by atoms with E-state index >= 15 is 0 Å². The molecule has 0 N–H and O–H groups in total. The molecule has 1 aliphatic heterocycles. The Labute approximate surface area is 105 Å². The van der Waals surface area contributed by atoms with Crippen molar-refractivity contribution in [3.8, 4) is 0 Å². The zero-order chi connectivity index (χ0) is 11.5. The standard InChI is InChI=1S/C10H11BClFO2S/c12-9-3-2-8(10(13)7(9)6-16)11-14-4-1-5-15-11/h2-3,16H,1,4-6H2. The van der Waals surface area contributed by atoms with Crippen LogP contribution in [0.3, 0.4) is 0 Å². The molecule has 1 heterocycles. The molecule has 1 saturated heterocycles. The monoisotopic (exact) mass is 260 g/mol. The Kier molecular flexibility index (Phi) is 4.13. The molecule has 2 rings (SSSR count). The molecule has 0 unspecified atom stereocenters. The number of rotatable bonds is 2. The highest BCUT2D eigenvalue weighted by Crippen LogP contribution is 2.20. The summed E-state index contributed by atoms with van der Waals surface area (Å²) in [6.07, 6.45) is 0.838. The number of benzene rings is 1. The van der Waals surface area contributed by atoms with Crippen molar-refractivity contribution in [2.45, 2.75) is 12.2 Å². The highest BCUT2D eigenvalue weighted by Gasteiger charge is 2.29. The van der Waals surface area contributed by atoms with Gasteiger partial charge in [0.05, 0.1) is 0 Å². The van der Waals surface area contributed by atoms with E-state index < -0.39 is 7.12 Å². The third-order valence-corrected chi connectivity index (χ3v) is 3.13. The molecule has 16 heavy (non-hydrogen) atoms. The van der Waals surface area contributed by atoms with E-state index in [0.717, 1.165) is 6.42 Å². The van der Waals surface area contributed by atoms with Crippen LogP contribution >= 0.6 is 24.2 Å². The van der Waals surface area contributed by atoms with E-state index in [4.69, 9.17) is 20.9 Å². The first kappa shape index (κ1) is 12.2. The minimum absolute atomic E-state index is 0.255. The predicted molar refractivity (Wildman–Crippen MR) is 66.0 cm³/mol. The van der Waals surface area contributed by atoms with Crippen LogP contribution < -0.4 is 5.46 Å². The van der Waals surface area contributed by atoms with Gasteiger partial charge in [0.2, 0.25) is 0 Å². The van der Waals surface area contributed by atoms with Crippen molar-refractivity contribution in [1.82, 2.24) is 0 Å². The first-order valence-electron chi connectivity index (χ1n) is 5.05. The molecular weight excluding hydrogens is 249 g/mol. The van der Waals surface area contributed by atoms with Crippen molar-refractivity contribution in [3.05, 3.63) is 28.5 Å². The molecule has 1 fully saturated rings. The van der Waals surface area contributed by atoms with E-state index in [-0.39, 0.29) is 11.6 Å². The van der Waals surface area contributed by atoms with Crippen LogP contribution in [0.1, 0.15) is 12.0 Å². The first-order chi connectivity index (χ1) is 7.74. The number of hydrogen-bond acceptors (Lipinski definition) is 3. The van der Waals surface area contributed by atoms with Crippen LogP contribution in [0.25, 0.3) is 0 Å². The second kappa shape index (κ2) is 5.40. The molecule has 0 aliphatic carbocycles. The van der Waals surface area contributed by atoms with Gasteiger partial charge in [-0.25, -0.2) is 4.39 Å². The average Bonchev–Trinajstić information content (AvgIpc) is 2.31. The minimum Gasteiger partial charge on any atom is -0.407 e. The van der Waals surface area contributed by atoms with Crippen molar-refractivity contribution >= 4 is 36.8 Å². The summed E-state index contributed by atoms with van der Waals surface area (Å²) in [6, 6.07) is 3.24. The summed E-state index contributed by atoms with van der Waals surface area (Å²) in [6.45, 7) is 1.17. The first-order valence-corrected chi connectivity index (χ1v) is 6.06. The highest BCUT2D eigenvalue weighted by atomic mass is 35.5. The summed E-state index contributed by atoms with van der Waals surface area (Å²) in [4.78, 5) is 0. The smallest absolute Gasteiger partial charge is 0.407 e. The molecule has 1 aromatic rings. The lowest BCUT2D eigenvalue weighted by molar-refractivity contribution is 0.143. The Morgan fingerprint density at radius 3 is 2.69 bits per heavy atom. The third kappa shape index (κ3) is 2.37. The van der Waals surface area contributed by atoms with Crippen LogP contribution in [-0.4, -0.2) is 20.3 Å². The summed E-state index contributed by atoms with van der Waals surface area (Å²) in [5.74, 6) is -0.125. The van der Waals surface area contributed by atoms with Gasteiger partial charge < -0.3 is 9.31 Å². The normalized spacial score (nSPS) is 16.6. The van der Waals surface area contributed by atoms with Gasteiger partial charge in [-0.15, -0.1) is 0 Å². The largest absolute Gasteiger partial charge is 0.496 e. The fourth-order valence-electron chi connectivity index (χ4n) is 1.61. The molecule has 6 heteroatoms. The lowest BCUT2D eigenvalue weighted by Gasteiger charge is -2.21. The Morgan fingerprint density at radius 2 is 2.06 bits per heavy atom. The molecular formula is C10H11BClFO2S. The third-order valence-electron chi connectivity index (χ3n) is 2.46. The van der Waals surface area contributed by atoms with Crippen molar-refractivity contribution in [2.24, 2.45) is 0 Å². The molecule has 86 valence electrons. The summed E-state index contributed by atoms with van der Waals surface area (Å²) < 4.78 is 24.7. The molecule has 1 aliphatic rings. The van der Waals surface area contributed by atoms with Gasteiger partial charge in [0.25, 0.3) is 0 Å². The molecule has 2 nitrogen and oxygen atoms in total. The number of halogens is 2. The van der Waals surface area contributed by atoms with E-state index in [1.54, 1.807) is 12.1 Å². The highest BCUT2D eigenvalue weighted by molar-refractivity contribution is 7.79. The lowest BCUT2D eigenvalue weighted by Crippen LogP contribution is -2.43. The Balaban J connectivity index is 2.33. The number of hydrogen-bond donors (Lipinski definition) is 1. The van der Waals surface area contributed by atoms with Crippen LogP contribution in [0.4, 0.5) is 4.39 Å².